The molecule has 0 spiro atoms. The highest BCUT2D eigenvalue weighted by Crippen LogP contribution is 2.28. The molecule has 9 heteroatoms. The Morgan fingerprint density at radius 3 is 2.52 bits per heavy atom. The van der Waals surface area contributed by atoms with Crippen molar-refractivity contribution in [1.82, 2.24) is 10.2 Å². The molecule has 0 unspecified atom stereocenters. The molecule has 2 aromatic carbocycles. The van der Waals surface area contributed by atoms with Gasteiger partial charge >= 0.3 is 5.97 Å². The molecule has 0 aliphatic heterocycles. The highest BCUT2D eigenvalue weighted by atomic mass is 16.6. The number of benzene rings is 2. The van der Waals surface area contributed by atoms with E-state index in [-0.39, 0.29) is 23.2 Å². The number of para-hydroxylation sites is 1. The molecule has 2 aromatic heterocycles. The Morgan fingerprint density at radius 2 is 1.83 bits per heavy atom. The number of nitro benzene ring substituents is 1. The third-order valence-corrected chi connectivity index (χ3v) is 4.43. The van der Waals surface area contributed by atoms with Crippen LogP contribution >= 0.6 is 0 Å². The molecule has 1 atom stereocenters. The second kappa shape index (κ2) is 7.19. The van der Waals surface area contributed by atoms with Crippen LogP contribution in [0, 0.1) is 17.0 Å². The Morgan fingerprint density at radius 1 is 1.10 bits per heavy atom. The number of esters is 1. The number of rotatable bonds is 5. The van der Waals surface area contributed by atoms with Gasteiger partial charge in [0.25, 0.3) is 11.6 Å². The topological polar surface area (TPSA) is 122 Å². The number of hydrogen-bond acceptors (Lipinski definition) is 8. The molecule has 0 aliphatic rings. The lowest BCUT2D eigenvalue weighted by Gasteiger charge is -2.08. The van der Waals surface area contributed by atoms with E-state index in [0.717, 1.165) is 5.39 Å². The zero-order valence-electron chi connectivity index (χ0n) is 15.5. The summed E-state index contributed by atoms with van der Waals surface area (Å²) in [4.78, 5) is 22.8. The average molecular weight is 393 g/mol. The molecule has 4 aromatic rings. The van der Waals surface area contributed by atoms with Gasteiger partial charge in [-0.25, -0.2) is 4.79 Å². The number of aryl methyl sites for hydroxylation is 1. The van der Waals surface area contributed by atoms with E-state index in [2.05, 4.69) is 10.2 Å². The molecule has 0 saturated carbocycles. The zero-order valence-corrected chi connectivity index (χ0v) is 15.5. The number of furan rings is 1. The molecule has 4 rings (SSSR count). The van der Waals surface area contributed by atoms with Crippen molar-refractivity contribution >= 4 is 22.6 Å². The lowest BCUT2D eigenvalue weighted by molar-refractivity contribution is -0.384. The van der Waals surface area contributed by atoms with Crippen LogP contribution in [-0.2, 0) is 4.74 Å². The molecule has 2 heterocycles. The SMILES string of the molecule is Cc1c(C(=O)O[C@H](C)c2nnc(-c3ccc([N+](=O)[O-])cc3)o2)oc2ccccc12. The van der Waals surface area contributed by atoms with E-state index >= 15 is 0 Å². The second-order valence-electron chi connectivity index (χ2n) is 6.35. The monoisotopic (exact) mass is 393 g/mol. The Labute approximate surface area is 164 Å². The van der Waals surface area contributed by atoms with E-state index in [4.69, 9.17) is 13.6 Å². The van der Waals surface area contributed by atoms with Crippen LogP contribution < -0.4 is 0 Å². The maximum atomic E-state index is 12.5. The third kappa shape index (κ3) is 3.45. The Bertz CT molecular complexity index is 1210. The predicted octanol–water partition coefficient (Wildman–Crippen LogP) is 4.62. The van der Waals surface area contributed by atoms with Crippen molar-refractivity contribution < 1.29 is 23.3 Å². The molecule has 0 radical (unpaired) electrons. The number of nitro groups is 1. The summed E-state index contributed by atoms with van der Waals surface area (Å²) in [7, 11) is 0. The van der Waals surface area contributed by atoms with Gasteiger partial charge in [0, 0.05) is 28.6 Å². The van der Waals surface area contributed by atoms with Crippen molar-refractivity contribution in [1.29, 1.82) is 0 Å². The summed E-state index contributed by atoms with van der Waals surface area (Å²) in [6, 6.07) is 13.0. The van der Waals surface area contributed by atoms with Crippen LogP contribution in [-0.4, -0.2) is 21.1 Å². The molecule has 0 aliphatic carbocycles. The highest BCUT2D eigenvalue weighted by molar-refractivity contribution is 5.95. The van der Waals surface area contributed by atoms with Crippen LogP contribution in [0.2, 0.25) is 0 Å². The van der Waals surface area contributed by atoms with Crippen molar-refractivity contribution in [2.75, 3.05) is 0 Å². The summed E-state index contributed by atoms with van der Waals surface area (Å²) in [5, 5.41) is 19.4. The number of ether oxygens (including phenoxy) is 1. The molecule has 0 fully saturated rings. The Kier molecular flexibility index (Phi) is 4.55. The fourth-order valence-corrected chi connectivity index (χ4v) is 2.87. The van der Waals surface area contributed by atoms with Crippen molar-refractivity contribution in [3.63, 3.8) is 0 Å². The minimum atomic E-state index is -0.811. The normalized spacial score (nSPS) is 12.1. The van der Waals surface area contributed by atoms with Gasteiger partial charge in [-0.15, -0.1) is 10.2 Å². The molecular formula is C20H15N3O6. The van der Waals surface area contributed by atoms with E-state index in [9.17, 15) is 14.9 Å². The summed E-state index contributed by atoms with van der Waals surface area (Å²) < 4.78 is 16.6. The molecule has 9 nitrogen and oxygen atoms in total. The number of non-ortho nitro benzene ring substituents is 1. The number of hydrogen-bond donors (Lipinski definition) is 0. The maximum absolute atomic E-state index is 12.5. The number of carbonyl (C=O) groups excluding carboxylic acids is 1. The standard InChI is InChI=1S/C20H15N3O6/c1-11-15-5-3-4-6-16(15)28-17(11)20(24)27-12(2)18-21-22-19(29-18)13-7-9-14(10-8-13)23(25)26/h3-10,12H,1-2H3/t12-/m1/s1. The summed E-state index contributed by atoms with van der Waals surface area (Å²) >= 11 is 0. The molecule has 0 amide bonds. The Balaban J connectivity index is 1.51. The smallest absolute Gasteiger partial charge is 0.375 e. The van der Waals surface area contributed by atoms with E-state index in [0.29, 0.717) is 16.7 Å². The van der Waals surface area contributed by atoms with Crippen molar-refractivity contribution in [2.45, 2.75) is 20.0 Å². The fraction of sp³-hybridized carbons (Fsp3) is 0.150. The van der Waals surface area contributed by atoms with Gasteiger partial charge in [0.2, 0.25) is 11.7 Å². The van der Waals surface area contributed by atoms with Gasteiger partial charge in [0.05, 0.1) is 4.92 Å². The lowest BCUT2D eigenvalue weighted by Crippen LogP contribution is -2.09. The van der Waals surface area contributed by atoms with Crippen molar-refractivity contribution in [3.05, 3.63) is 75.9 Å². The first kappa shape index (κ1) is 18.4. The number of aromatic nitrogens is 2. The third-order valence-electron chi connectivity index (χ3n) is 4.43. The van der Waals surface area contributed by atoms with Gasteiger partial charge in [-0.1, -0.05) is 18.2 Å². The highest BCUT2D eigenvalue weighted by Gasteiger charge is 2.24. The average Bonchev–Trinajstić information content (AvgIpc) is 3.34. The van der Waals surface area contributed by atoms with Gasteiger partial charge in [-0.3, -0.25) is 10.1 Å². The minimum absolute atomic E-state index is 0.0445. The van der Waals surface area contributed by atoms with E-state index in [1.807, 2.05) is 18.2 Å². The summed E-state index contributed by atoms with van der Waals surface area (Å²) in [5.74, 6) is -0.257. The van der Waals surface area contributed by atoms with Gasteiger partial charge in [0.1, 0.15) is 5.58 Å². The summed E-state index contributed by atoms with van der Waals surface area (Å²) in [5.41, 5.74) is 1.76. The van der Waals surface area contributed by atoms with Crippen LogP contribution in [0.25, 0.3) is 22.4 Å². The number of fused-ring (bicyclic) bond motifs is 1. The van der Waals surface area contributed by atoms with Crippen LogP contribution in [0.3, 0.4) is 0 Å². The Hall–Kier alpha value is -4.01. The first-order valence-electron chi connectivity index (χ1n) is 8.71. The van der Waals surface area contributed by atoms with Gasteiger partial charge in [-0.05, 0) is 32.0 Å². The fourth-order valence-electron chi connectivity index (χ4n) is 2.87. The molecule has 0 bridgehead atoms. The first-order valence-corrected chi connectivity index (χ1v) is 8.71. The number of nitrogens with zero attached hydrogens (tertiary/aromatic N) is 3. The summed E-state index contributed by atoms with van der Waals surface area (Å²) in [6.07, 6.45) is -0.811. The lowest BCUT2D eigenvalue weighted by atomic mass is 10.1. The van der Waals surface area contributed by atoms with Gasteiger partial charge in [-0.2, -0.15) is 0 Å². The largest absolute Gasteiger partial charge is 0.449 e. The predicted molar refractivity (Wildman–Crippen MR) is 101 cm³/mol. The second-order valence-corrected chi connectivity index (χ2v) is 6.35. The molecule has 146 valence electrons. The number of carbonyl (C=O) groups is 1. The van der Waals surface area contributed by atoms with Crippen LogP contribution in [0.5, 0.6) is 0 Å². The van der Waals surface area contributed by atoms with Gasteiger partial charge in [0.15, 0.2) is 6.10 Å². The molecule has 0 saturated heterocycles. The molecule has 29 heavy (non-hydrogen) atoms. The molecular weight excluding hydrogens is 378 g/mol. The van der Waals surface area contributed by atoms with E-state index < -0.39 is 17.0 Å². The van der Waals surface area contributed by atoms with E-state index in [1.165, 1.54) is 24.3 Å². The minimum Gasteiger partial charge on any atom is -0.449 e. The van der Waals surface area contributed by atoms with Crippen molar-refractivity contribution in [3.8, 4) is 11.5 Å². The maximum Gasteiger partial charge on any atom is 0.375 e. The molecule has 0 N–H and O–H groups in total. The van der Waals surface area contributed by atoms with E-state index in [1.54, 1.807) is 19.9 Å². The van der Waals surface area contributed by atoms with Crippen LogP contribution in [0.1, 0.15) is 35.0 Å². The zero-order chi connectivity index (χ0) is 20.5. The van der Waals surface area contributed by atoms with Gasteiger partial charge < -0.3 is 13.6 Å². The van der Waals surface area contributed by atoms with Crippen molar-refractivity contribution in [2.24, 2.45) is 0 Å². The quantitative estimate of drug-likeness (QED) is 0.273. The van der Waals surface area contributed by atoms with Crippen LogP contribution in [0.15, 0.2) is 57.4 Å². The van der Waals surface area contributed by atoms with Crippen LogP contribution in [0.4, 0.5) is 5.69 Å². The summed E-state index contributed by atoms with van der Waals surface area (Å²) in [6.45, 7) is 3.38. The first-order chi connectivity index (χ1) is 13.9.